The summed E-state index contributed by atoms with van der Waals surface area (Å²) < 4.78 is 0. The van der Waals surface area contributed by atoms with Gasteiger partial charge in [0.1, 0.15) is 12.6 Å². The third-order valence-electron chi connectivity index (χ3n) is 5.79. The Kier molecular flexibility index (Phi) is 11.1. The lowest BCUT2D eigenvalue weighted by molar-refractivity contribution is -0.126. The molecule has 0 unspecified atom stereocenters. The van der Waals surface area contributed by atoms with Crippen LogP contribution in [0.25, 0.3) is 0 Å². The molecule has 0 saturated carbocycles. The number of hydrogen-bond donors (Lipinski definition) is 4. The second-order valence-corrected chi connectivity index (χ2v) is 9.69. The number of carbonyl (C=O) groups is 3. The smallest absolute Gasteiger partial charge is 0.251 e. The highest BCUT2D eigenvalue weighted by Crippen LogP contribution is 2.23. The number of carbonyl (C=O) groups excluding carboxylic acids is 3. The molecule has 0 fully saturated rings. The Morgan fingerprint density at radius 2 is 1.51 bits per heavy atom. The van der Waals surface area contributed by atoms with Gasteiger partial charge in [0.05, 0.1) is 16.1 Å². The van der Waals surface area contributed by atoms with E-state index < -0.39 is 30.4 Å². The van der Waals surface area contributed by atoms with E-state index in [0.29, 0.717) is 34.1 Å². The predicted octanol–water partition coefficient (Wildman–Crippen LogP) is 4.40. The maximum Gasteiger partial charge on any atom is 0.251 e. The van der Waals surface area contributed by atoms with Crippen LogP contribution in [0.5, 0.6) is 0 Å². The number of benzene rings is 3. The standard InChI is InChI=1S/C30H28Cl2N2O5/c1-19(36)29(27(37)18-35)34-30(39)23-12-7-20(8-13-23)5-6-21-9-14-24(15-10-21)33-28(38)4-2-3-22-11-16-25(31)26(32)17-22/h7-17,19,29,35-36H,2-4,18H2,1H3,(H,33,38)(H,34,39)/t19-,29+/m1/s1. The maximum absolute atomic E-state index is 12.4. The van der Waals surface area contributed by atoms with Crippen molar-refractivity contribution in [2.45, 2.75) is 38.3 Å². The number of rotatable bonds is 10. The second kappa shape index (κ2) is 14.5. The molecule has 0 aromatic heterocycles. The number of aryl methyl sites for hydroxylation is 1. The van der Waals surface area contributed by atoms with Gasteiger partial charge in [-0.05, 0) is 86.0 Å². The van der Waals surface area contributed by atoms with Crippen LogP contribution >= 0.6 is 23.2 Å². The van der Waals surface area contributed by atoms with Crippen LogP contribution in [-0.2, 0) is 16.0 Å². The first kappa shape index (κ1) is 29.9. The molecule has 0 spiro atoms. The highest BCUT2D eigenvalue weighted by molar-refractivity contribution is 6.42. The first-order chi connectivity index (χ1) is 18.7. The Balaban J connectivity index is 1.50. The van der Waals surface area contributed by atoms with Crippen molar-refractivity contribution >= 4 is 46.5 Å². The van der Waals surface area contributed by atoms with Gasteiger partial charge in [0.15, 0.2) is 5.78 Å². The summed E-state index contributed by atoms with van der Waals surface area (Å²) in [6.07, 6.45) is 0.623. The lowest BCUT2D eigenvalue weighted by Crippen LogP contribution is -2.48. The predicted molar refractivity (Wildman–Crippen MR) is 152 cm³/mol. The third-order valence-corrected chi connectivity index (χ3v) is 6.53. The molecule has 202 valence electrons. The molecule has 9 heteroatoms. The van der Waals surface area contributed by atoms with Crippen molar-refractivity contribution in [1.29, 1.82) is 0 Å². The van der Waals surface area contributed by atoms with Gasteiger partial charge in [0.25, 0.3) is 5.91 Å². The summed E-state index contributed by atoms with van der Waals surface area (Å²) in [6.45, 7) is 0.581. The van der Waals surface area contributed by atoms with Crippen molar-refractivity contribution in [2.75, 3.05) is 11.9 Å². The Morgan fingerprint density at radius 3 is 2.08 bits per heavy atom. The van der Waals surface area contributed by atoms with Crippen LogP contribution in [-0.4, -0.2) is 46.6 Å². The van der Waals surface area contributed by atoms with Gasteiger partial charge in [-0.25, -0.2) is 0 Å². The van der Waals surface area contributed by atoms with E-state index in [0.717, 1.165) is 17.5 Å². The first-order valence-corrected chi connectivity index (χ1v) is 13.0. The summed E-state index contributed by atoms with van der Waals surface area (Å²) in [5, 5.41) is 25.0. The van der Waals surface area contributed by atoms with Crippen LogP contribution in [0.15, 0.2) is 66.7 Å². The molecule has 7 nitrogen and oxygen atoms in total. The van der Waals surface area contributed by atoms with E-state index in [1.807, 2.05) is 12.1 Å². The van der Waals surface area contributed by atoms with E-state index in [4.69, 9.17) is 28.3 Å². The molecule has 0 aliphatic rings. The number of ketones is 1. The van der Waals surface area contributed by atoms with Crippen LogP contribution in [0.2, 0.25) is 10.0 Å². The molecular weight excluding hydrogens is 539 g/mol. The number of aliphatic hydroxyl groups is 2. The SMILES string of the molecule is C[C@@H](O)[C@H](NC(=O)c1ccc(C#Cc2ccc(NC(=O)CCCc3ccc(Cl)c(Cl)c3)cc2)cc1)C(=O)CO. The fourth-order valence-corrected chi connectivity index (χ4v) is 3.97. The van der Waals surface area contributed by atoms with Gasteiger partial charge in [0, 0.05) is 28.8 Å². The molecule has 2 amide bonds. The van der Waals surface area contributed by atoms with Gasteiger partial charge >= 0.3 is 0 Å². The molecule has 0 saturated heterocycles. The largest absolute Gasteiger partial charge is 0.391 e. The fourth-order valence-electron chi connectivity index (χ4n) is 3.65. The van der Waals surface area contributed by atoms with E-state index in [9.17, 15) is 19.5 Å². The first-order valence-electron chi connectivity index (χ1n) is 12.2. The van der Waals surface area contributed by atoms with Gasteiger partial charge in [-0.3, -0.25) is 14.4 Å². The highest BCUT2D eigenvalue weighted by Gasteiger charge is 2.25. The molecule has 0 aliphatic heterocycles. The molecular formula is C30H28Cl2N2O5. The van der Waals surface area contributed by atoms with Gasteiger partial charge in [0.2, 0.25) is 5.91 Å². The van der Waals surface area contributed by atoms with Gasteiger partial charge < -0.3 is 20.8 Å². The third kappa shape index (κ3) is 9.24. The van der Waals surface area contributed by atoms with Crippen molar-refractivity contribution in [1.82, 2.24) is 5.32 Å². The average Bonchev–Trinajstić information content (AvgIpc) is 2.93. The van der Waals surface area contributed by atoms with Gasteiger partial charge in [-0.1, -0.05) is 41.1 Å². The summed E-state index contributed by atoms with van der Waals surface area (Å²) in [7, 11) is 0. The molecule has 3 rings (SSSR count). The molecule has 3 aromatic rings. The van der Waals surface area contributed by atoms with E-state index in [1.54, 1.807) is 54.6 Å². The molecule has 3 aromatic carbocycles. The topological polar surface area (TPSA) is 116 Å². The highest BCUT2D eigenvalue weighted by atomic mass is 35.5. The second-order valence-electron chi connectivity index (χ2n) is 8.87. The summed E-state index contributed by atoms with van der Waals surface area (Å²) in [5.41, 5.74) is 3.40. The number of Topliss-reactive ketones (excluding diaryl/α,β-unsaturated/α-hetero) is 1. The van der Waals surface area contributed by atoms with E-state index in [1.165, 1.54) is 6.92 Å². The van der Waals surface area contributed by atoms with E-state index in [-0.39, 0.29) is 11.5 Å². The Labute approximate surface area is 237 Å². The lowest BCUT2D eigenvalue weighted by Gasteiger charge is -2.19. The lowest BCUT2D eigenvalue weighted by atomic mass is 10.1. The molecule has 4 N–H and O–H groups in total. The zero-order valence-electron chi connectivity index (χ0n) is 21.2. The number of hydrogen-bond acceptors (Lipinski definition) is 5. The van der Waals surface area contributed by atoms with Gasteiger partial charge in [-0.2, -0.15) is 0 Å². The minimum Gasteiger partial charge on any atom is -0.391 e. The van der Waals surface area contributed by atoms with Crippen molar-refractivity contribution in [3.8, 4) is 11.8 Å². The average molecular weight is 567 g/mol. The Morgan fingerprint density at radius 1 is 0.897 bits per heavy atom. The summed E-state index contributed by atoms with van der Waals surface area (Å²) >= 11 is 12.0. The number of halogens is 2. The monoisotopic (exact) mass is 566 g/mol. The summed E-state index contributed by atoms with van der Waals surface area (Å²) in [5.74, 6) is 4.74. The summed E-state index contributed by atoms with van der Waals surface area (Å²) in [6, 6.07) is 17.9. The number of aliphatic hydroxyl groups excluding tert-OH is 2. The minimum absolute atomic E-state index is 0.0847. The van der Waals surface area contributed by atoms with E-state index >= 15 is 0 Å². The Bertz CT molecular complexity index is 1380. The molecule has 0 bridgehead atoms. The zero-order chi connectivity index (χ0) is 28.4. The number of anilines is 1. The van der Waals surface area contributed by atoms with Crippen LogP contribution < -0.4 is 10.6 Å². The zero-order valence-corrected chi connectivity index (χ0v) is 22.7. The van der Waals surface area contributed by atoms with E-state index in [2.05, 4.69) is 22.5 Å². The number of amides is 2. The van der Waals surface area contributed by atoms with Crippen molar-refractivity contribution in [3.05, 3.63) is 99.0 Å². The normalized spacial score (nSPS) is 12.0. The Hall–Kier alpha value is -3.67. The molecule has 0 heterocycles. The number of nitrogens with one attached hydrogen (secondary N) is 2. The quantitative estimate of drug-likeness (QED) is 0.271. The molecule has 2 atom stereocenters. The van der Waals surface area contributed by atoms with Crippen molar-refractivity contribution in [2.24, 2.45) is 0 Å². The van der Waals surface area contributed by atoms with Crippen LogP contribution in [0.3, 0.4) is 0 Å². The van der Waals surface area contributed by atoms with Crippen LogP contribution in [0, 0.1) is 11.8 Å². The maximum atomic E-state index is 12.4. The molecule has 0 radical (unpaired) electrons. The van der Waals surface area contributed by atoms with Gasteiger partial charge in [-0.15, -0.1) is 0 Å². The summed E-state index contributed by atoms with van der Waals surface area (Å²) in [4.78, 5) is 36.4. The van der Waals surface area contributed by atoms with Crippen molar-refractivity contribution < 1.29 is 24.6 Å². The van der Waals surface area contributed by atoms with Crippen molar-refractivity contribution in [3.63, 3.8) is 0 Å². The van der Waals surface area contributed by atoms with Crippen LogP contribution in [0.4, 0.5) is 5.69 Å². The van der Waals surface area contributed by atoms with Crippen LogP contribution in [0.1, 0.15) is 46.8 Å². The molecule has 39 heavy (non-hydrogen) atoms. The minimum atomic E-state index is -1.19. The molecule has 0 aliphatic carbocycles. The fraction of sp³-hybridized carbons (Fsp3) is 0.233.